The van der Waals surface area contributed by atoms with Gasteiger partial charge in [-0.05, 0) is 28.1 Å². The highest BCUT2D eigenvalue weighted by Gasteiger charge is 2.09. The summed E-state index contributed by atoms with van der Waals surface area (Å²) in [5.41, 5.74) is 0.897. The Labute approximate surface area is 129 Å². The average Bonchev–Trinajstić information content (AvgIpc) is 2.36. The quantitative estimate of drug-likeness (QED) is 0.458. The van der Waals surface area contributed by atoms with E-state index in [2.05, 4.69) is 15.9 Å². The standard InChI is InChI=1S/C13H8BrCl3O/c14-9-5-11(17)13(6-10(9)16)18-12-4-2-1-3-8(12)7-15/h1-6H,7H2. The molecule has 0 aliphatic rings. The first-order valence-electron chi connectivity index (χ1n) is 5.08. The maximum atomic E-state index is 6.10. The van der Waals surface area contributed by atoms with E-state index in [1.54, 1.807) is 12.1 Å². The van der Waals surface area contributed by atoms with Crippen LogP contribution in [0.15, 0.2) is 40.9 Å². The first kappa shape index (κ1) is 14.0. The van der Waals surface area contributed by atoms with E-state index in [1.807, 2.05) is 24.3 Å². The molecule has 94 valence electrons. The Morgan fingerprint density at radius 3 is 2.44 bits per heavy atom. The van der Waals surface area contributed by atoms with Crippen molar-refractivity contribution in [1.29, 1.82) is 0 Å². The van der Waals surface area contributed by atoms with Crippen LogP contribution in [0.5, 0.6) is 11.5 Å². The maximum Gasteiger partial charge on any atom is 0.147 e. The van der Waals surface area contributed by atoms with Gasteiger partial charge in [0, 0.05) is 16.1 Å². The van der Waals surface area contributed by atoms with Gasteiger partial charge in [-0.15, -0.1) is 11.6 Å². The maximum absolute atomic E-state index is 6.10. The third-order valence-corrected chi connectivity index (χ3v) is 4.09. The van der Waals surface area contributed by atoms with Gasteiger partial charge in [-0.25, -0.2) is 0 Å². The van der Waals surface area contributed by atoms with Crippen molar-refractivity contribution >= 4 is 50.7 Å². The highest BCUT2D eigenvalue weighted by atomic mass is 79.9. The molecule has 5 heteroatoms. The molecule has 0 aliphatic heterocycles. The van der Waals surface area contributed by atoms with Crippen LogP contribution >= 0.6 is 50.7 Å². The Kier molecular flexibility index (Phi) is 4.79. The van der Waals surface area contributed by atoms with Crippen LogP contribution in [-0.4, -0.2) is 0 Å². The van der Waals surface area contributed by atoms with Gasteiger partial charge in [-0.1, -0.05) is 41.4 Å². The minimum Gasteiger partial charge on any atom is -0.455 e. The molecule has 0 amide bonds. The van der Waals surface area contributed by atoms with E-state index in [-0.39, 0.29) is 0 Å². The molecule has 0 aromatic heterocycles. The monoisotopic (exact) mass is 364 g/mol. The molecule has 0 spiro atoms. The predicted octanol–water partition coefficient (Wildman–Crippen LogP) is 6.29. The summed E-state index contributed by atoms with van der Waals surface area (Å²) in [5, 5.41) is 1.02. The number of halogens is 4. The number of rotatable bonds is 3. The van der Waals surface area contributed by atoms with E-state index in [0.717, 1.165) is 10.0 Å². The first-order valence-corrected chi connectivity index (χ1v) is 7.16. The second-order valence-electron chi connectivity index (χ2n) is 3.54. The van der Waals surface area contributed by atoms with Gasteiger partial charge in [-0.3, -0.25) is 0 Å². The number of benzene rings is 2. The predicted molar refractivity (Wildman–Crippen MR) is 80.2 cm³/mol. The highest BCUT2D eigenvalue weighted by Crippen LogP contribution is 2.37. The normalized spacial score (nSPS) is 10.4. The molecular formula is C13H8BrCl3O. The van der Waals surface area contributed by atoms with Crippen LogP contribution in [0.2, 0.25) is 10.0 Å². The number of ether oxygens (including phenoxy) is 1. The molecule has 0 saturated heterocycles. The van der Waals surface area contributed by atoms with Gasteiger partial charge in [0.25, 0.3) is 0 Å². The zero-order chi connectivity index (χ0) is 13.1. The van der Waals surface area contributed by atoms with E-state index in [0.29, 0.717) is 27.4 Å². The fraction of sp³-hybridized carbons (Fsp3) is 0.0769. The molecule has 0 unspecified atom stereocenters. The lowest BCUT2D eigenvalue weighted by molar-refractivity contribution is 0.478. The second kappa shape index (κ2) is 6.16. The van der Waals surface area contributed by atoms with Crippen LogP contribution in [-0.2, 0) is 5.88 Å². The average molecular weight is 366 g/mol. The second-order valence-corrected chi connectivity index (χ2v) is 5.48. The summed E-state index contributed by atoms with van der Waals surface area (Å²) in [5.74, 6) is 1.55. The van der Waals surface area contributed by atoms with Crippen molar-refractivity contribution in [2.45, 2.75) is 5.88 Å². The summed E-state index contributed by atoms with van der Waals surface area (Å²) < 4.78 is 6.47. The number of alkyl halides is 1. The molecule has 0 fully saturated rings. The summed E-state index contributed by atoms with van der Waals surface area (Å²) in [4.78, 5) is 0. The van der Waals surface area contributed by atoms with Crippen molar-refractivity contribution in [2.75, 3.05) is 0 Å². The van der Waals surface area contributed by atoms with E-state index in [9.17, 15) is 0 Å². The summed E-state index contributed by atoms with van der Waals surface area (Å²) in [6.45, 7) is 0. The topological polar surface area (TPSA) is 9.23 Å². The molecule has 0 heterocycles. The van der Waals surface area contributed by atoms with Crippen molar-refractivity contribution in [3.8, 4) is 11.5 Å². The summed E-state index contributed by atoms with van der Waals surface area (Å²) in [6, 6.07) is 10.9. The van der Waals surface area contributed by atoms with Gasteiger partial charge in [0.15, 0.2) is 0 Å². The smallest absolute Gasteiger partial charge is 0.147 e. The SMILES string of the molecule is ClCc1ccccc1Oc1cc(Cl)c(Br)cc1Cl. The van der Waals surface area contributed by atoms with Gasteiger partial charge < -0.3 is 4.74 Å². The first-order chi connectivity index (χ1) is 8.61. The van der Waals surface area contributed by atoms with E-state index < -0.39 is 0 Å². The number of para-hydroxylation sites is 1. The Morgan fingerprint density at radius 2 is 1.72 bits per heavy atom. The van der Waals surface area contributed by atoms with Crippen molar-refractivity contribution in [3.05, 3.63) is 56.5 Å². The lowest BCUT2D eigenvalue weighted by Gasteiger charge is -2.11. The van der Waals surface area contributed by atoms with Crippen molar-refractivity contribution < 1.29 is 4.74 Å². The van der Waals surface area contributed by atoms with Crippen LogP contribution in [0.4, 0.5) is 0 Å². The molecule has 0 saturated carbocycles. The molecule has 1 nitrogen and oxygen atoms in total. The number of hydrogen-bond donors (Lipinski definition) is 0. The van der Waals surface area contributed by atoms with Gasteiger partial charge in [-0.2, -0.15) is 0 Å². The van der Waals surface area contributed by atoms with Crippen molar-refractivity contribution in [3.63, 3.8) is 0 Å². The number of hydrogen-bond acceptors (Lipinski definition) is 1. The minimum atomic E-state index is 0.373. The van der Waals surface area contributed by atoms with Gasteiger partial charge in [0.05, 0.1) is 15.9 Å². The zero-order valence-corrected chi connectivity index (χ0v) is 12.9. The molecule has 18 heavy (non-hydrogen) atoms. The van der Waals surface area contributed by atoms with Crippen LogP contribution < -0.4 is 4.74 Å². The Morgan fingerprint density at radius 1 is 1.00 bits per heavy atom. The largest absolute Gasteiger partial charge is 0.455 e. The lowest BCUT2D eigenvalue weighted by atomic mass is 10.2. The molecule has 0 radical (unpaired) electrons. The molecule has 0 aliphatic carbocycles. The van der Waals surface area contributed by atoms with E-state index in [1.165, 1.54) is 0 Å². The van der Waals surface area contributed by atoms with Crippen LogP contribution in [0.25, 0.3) is 0 Å². The molecular weight excluding hydrogens is 358 g/mol. The Balaban J connectivity index is 2.37. The van der Waals surface area contributed by atoms with E-state index >= 15 is 0 Å². The molecule has 2 aromatic rings. The minimum absolute atomic E-state index is 0.373. The zero-order valence-electron chi connectivity index (χ0n) is 9.09. The van der Waals surface area contributed by atoms with Gasteiger partial charge >= 0.3 is 0 Å². The van der Waals surface area contributed by atoms with Crippen LogP contribution in [0.1, 0.15) is 5.56 Å². The Hall–Kier alpha value is -0.410. The van der Waals surface area contributed by atoms with Crippen LogP contribution in [0.3, 0.4) is 0 Å². The van der Waals surface area contributed by atoms with Gasteiger partial charge in [0.1, 0.15) is 11.5 Å². The summed E-state index contributed by atoms with van der Waals surface area (Å²) in [6.07, 6.45) is 0. The molecule has 0 N–H and O–H groups in total. The van der Waals surface area contributed by atoms with E-state index in [4.69, 9.17) is 39.5 Å². The Bertz CT molecular complexity index is 572. The molecule has 2 rings (SSSR count). The van der Waals surface area contributed by atoms with Crippen LogP contribution in [0, 0.1) is 0 Å². The van der Waals surface area contributed by atoms with Crippen molar-refractivity contribution in [2.24, 2.45) is 0 Å². The van der Waals surface area contributed by atoms with Crippen molar-refractivity contribution in [1.82, 2.24) is 0 Å². The highest BCUT2D eigenvalue weighted by molar-refractivity contribution is 9.10. The third-order valence-electron chi connectivity index (χ3n) is 2.31. The molecule has 0 atom stereocenters. The fourth-order valence-corrected chi connectivity index (χ4v) is 2.47. The molecule has 0 bridgehead atoms. The lowest BCUT2D eigenvalue weighted by Crippen LogP contribution is -1.90. The third kappa shape index (κ3) is 3.12. The van der Waals surface area contributed by atoms with Gasteiger partial charge in [0.2, 0.25) is 0 Å². The summed E-state index contributed by atoms with van der Waals surface area (Å²) in [7, 11) is 0. The summed E-state index contributed by atoms with van der Waals surface area (Å²) >= 11 is 21.3. The molecule has 2 aromatic carbocycles. The fourth-order valence-electron chi connectivity index (χ4n) is 1.41.